The largest absolute Gasteiger partial charge is 0.495 e. The van der Waals surface area contributed by atoms with Crippen LogP contribution < -0.4 is 4.74 Å². The molecule has 16 heavy (non-hydrogen) atoms. The molecule has 0 N–H and O–H groups in total. The van der Waals surface area contributed by atoms with Gasteiger partial charge in [-0.15, -0.1) is 0 Å². The summed E-state index contributed by atoms with van der Waals surface area (Å²) >= 11 is 0. The van der Waals surface area contributed by atoms with Gasteiger partial charge in [0.05, 0.1) is 7.11 Å². The van der Waals surface area contributed by atoms with Gasteiger partial charge in [-0.05, 0) is 26.0 Å². The molecule has 0 spiro atoms. The molecule has 88 valence electrons. The number of ketones is 1. The van der Waals surface area contributed by atoms with Crippen LogP contribution in [0.3, 0.4) is 0 Å². The highest BCUT2D eigenvalue weighted by atomic mass is 32.2. The molecule has 0 bridgehead atoms. The van der Waals surface area contributed by atoms with E-state index in [1.165, 1.54) is 27.0 Å². The fourth-order valence-corrected chi connectivity index (χ4v) is 2.78. The van der Waals surface area contributed by atoms with Crippen LogP contribution in [0.1, 0.15) is 13.8 Å². The molecule has 0 aliphatic carbocycles. The number of rotatable bonds is 4. The van der Waals surface area contributed by atoms with Gasteiger partial charge in [-0.3, -0.25) is 4.79 Å². The molecule has 0 saturated carbocycles. The number of methoxy groups -OCH3 is 1. The highest BCUT2D eigenvalue weighted by Crippen LogP contribution is 2.26. The van der Waals surface area contributed by atoms with Gasteiger partial charge in [0.1, 0.15) is 21.7 Å². The topological polar surface area (TPSA) is 60.4 Å². The maximum atomic E-state index is 12.1. The van der Waals surface area contributed by atoms with Gasteiger partial charge in [-0.2, -0.15) is 0 Å². The van der Waals surface area contributed by atoms with E-state index in [0.29, 0.717) is 0 Å². The molecule has 0 amide bonds. The van der Waals surface area contributed by atoms with Crippen LogP contribution in [-0.2, 0) is 14.6 Å². The second-order valence-electron chi connectivity index (χ2n) is 3.45. The lowest BCUT2D eigenvalue weighted by molar-refractivity contribution is -0.116. The average Bonchev–Trinajstić information content (AvgIpc) is 2.27. The Hall–Kier alpha value is -1.36. The summed E-state index contributed by atoms with van der Waals surface area (Å²) in [4.78, 5) is 11.2. The average molecular weight is 242 g/mol. The Morgan fingerprint density at radius 3 is 2.38 bits per heavy atom. The monoisotopic (exact) mass is 242 g/mol. The van der Waals surface area contributed by atoms with Crippen molar-refractivity contribution in [1.29, 1.82) is 0 Å². The summed E-state index contributed by atoms with van der Waals surface area (Å²) in [7, 11) is -2.26. The van der Waals surface area contributed by atoms with Crippen molar-refractivity contribution in [2.45, 2.75) is 24.0 Å². The van der Waals surface area contributed by atoms with E-state index in [2.05, 4.69) is 0 Å². The first-order valence-corrected chi connectivity index (χ1v) is 6.33. The molecule has 0 heterocycles. The lowest BCUT2D eigenvalue weighted by Crippen LogP contribution is -2.25. The van der Waals surface area contributed by atoms with Crippen LogP contribution in [0.2, 0.25) is 0 Å². The van der Waals surface area contributed by atoms with Crippen molar-refractivity contribution in [2.24, 2.45) is 0 Å². The lowest BCUT2D eigenvalue weighted by Gasteiger charge is -2.12. The molecule has 5 heteroatoms. The first kappa shape index (κ1) is 12.7. The third-order valence-corrected chi connectivity index (χ3v) is 4.63. The molecule has 0 saturated heterocycles. The van der Waals surface area contributed by atoms with Gasteiger partial charge < -0.3 is 4.74 Å². The predicted octanol–water partition coefficient (Wildman–Crippen LogP) is 1.45. The number of hydrogen-bond acceptors (Lipinski definition) is 4. The van der Waals surface area contributed by atoms with E-state index in [9.17, 15) is 13.2 Å². The third-order valence-electron chi connectivity index (χ3n) is 2.41. The summed E-state index contributed by atoms with van der Waals surface area (Å²) in [6.45, 7) is 2.64. The Labute approximate surface area is 95.2 Å². The molecule has 1 unspecified atom stereocenters. The van der Waals surface area contributed by atoms with Crippen molar-refractivity contribution in [3.8, 4) is 5.75 Å². The van der Waals surface area contributed by atoms with Crippen LogP contribution in [0.15, 0.2) is 29.2 Å². The summed E-state index contributed by atoms with van der Waals surface area (Å²) in [6.07, 6.45) is 0. The summed E-state index contributed by atoms with van der Waals surface area (Å²) in [6, 6.07) is 6.27. The van der Waals surface area contributed by atoms with Gasteiger partial charge >= 0.3 is 0 Å². The minimum absolute atomic E-state index is 0.0557. The molecule has 1 aromatic carbocycles. The molecule has 1 atom stereocenters. The molecule has 0 aromatic heterocycles. The van der Waals surface area contributed by atoms with E-state index in [1.54, 1.807) is 18.2 Å². The maximum absolute atomic E-state index is 12.1. The highest BCUT2D eigenvalue weighted by molar-refractivity contribution is 7.92. The number of carbonyl (C=O) groups is 1. The number of para-hydroxylation sites is 1. The van der Waals surface area contributed by atoms with Crippen molar-refractivity contribution in [3.63, 3.8) is 0 Å². The zero-order valence-electron chi connectivity index (χ0n) is 9.43. The Balaban J connectivity index is 3.33. The van der Waals surface area contributed by atoms with Crippen LogP contribution in [0, 0.1) is 0 Å². The van der Waals surface area contributed by atoms with Crippen LogP contribution >= 0.6 is 0 Å². The molecule has 1 rings (SSSR count). The molecule has 0 fully saturated rings. The Morgan fingerprint density at radius 2 is 1.88 bits per heavy atom. The lowest BCUT2D eigenvalue weighted by atomic mass is 10.3. The summed E-state index contributed by atoms with van der Waals surface area (Å²) in [5.74, 6) is -0.124. The molecule has 0 radical (unpaired) electrons. The fraction of sp³-hybridized carbons (Fsp3) is 0.364. The van der Waals surface area contributed by atoms with E-state index >= 15 is 0 Å². The van der Waals surface area contributed by atoms with Gasteiger partial charge in [0.15, 0.2) is 9.84 Å². The van der Waals surface area contributed by atoms with Crippen molar-refractivity contribution in [2.75, 3.05) is 7.11 Å². The van der Waals surface area contributed by atoms with Gasteiger partial charge in [0.2, 0.25) is 0 Å². The Bertz CT molecular complexity index is 490. The molecular weight excluding hydrogens is 228 g/mol. The zero-order chi connectivity index (χ0) is 12.3. The van der Waals surface area contributed by atoms with E-state index in [1.807, 2.05) is 0 Å². The molecule has 0 aliphatic heterocycles. The minimum Gasteiger partial charge on any atom is -0.495 e. The van der Waals surface area contributed by atoms with Gasteiger partial charge in [-0.25, -0.2) is 8.42 Å². The molecule has 1 aromatic rings. The maximum Gasteiger partial charge on any atom is 0.191 e. The van der Waals surface area contributed by atoms with E-state index in [0.717, 1.165) is 0 Å². The van der Waals surface area contributed by atoms with Crippen LogP contribution in [-0.4, -0.2) is 26.6 Å². The number of Topliss-reactive ketones (excluding diaryl/α,β-unsaturated/α-hetero) is 1. The van der Waals surface area contributed by atoms with E-state index in [4.69, 9.17) is 4.74 Å². The first-order chi connectivity index (χ1) is 7.41. The SMILES string of the molecule is COc1ccccc1S(=O)(=O)C(C)C(C)=O. The number of sulfone groups is 1. The third kappa shape index (κ3) is 2.24. The standard InChI is InChI=1S/C11H14O4S/c1-8(12)9(2)16(13,14)11-7-5-4-6-10(11)15-3/h4-7,9H,1-3H3. The number of carbonyl (C=O) groups excluding carboxylic acids is 1. The number of benzene rings is 1. The second-order valence-corrected chi connectivity index (χ2v) is 5.69. The smallest absolute Gasteiger partial charge is 0.191 e. The van der Waals surface area contributed by atoms with Gasteiger partial charge in [0, 0.05) is 0 Å². The quantitative estimate of drug-likeness (QED) is 0.801. The summed E-state index contributed by atoms with van der Waals surface area (Å²) in [5.41, 5.74) is 0. The molecule has 4 nitrogen and oxygen atoms in total. The van der Waals surface area contributed by atoms with E-state index in [-0.39, 0.29) is 16.4 Å². The van der Waals surface area contributed by atoms with Gasteiger partial charge in [0.25, 0.3) is 0 Å². The Kier molecular flexibility index (Phi) is 3.70. The van der Waals surface area contributed by atoms with Crippen LogP contribution in [0.4, 0.5) is 0 Å². The predicted molar refractivity (Wildman–Crippen MR) is 60.3 cm³/mol. The zero-order valence-corrected chi connectivity index (χ0v) is 10.2. The van der Waals surface area contributed by atoms with Crippen molar-refractivity contribution in [3.05, 3.63) is 24.3 Å². The number of hydrogen-bond donors (Lipinski definition) is 0. The molecular formula is C11H14O4S. The van der Waals surface area contributed by atoms with Crippen LogP contribution in [0.5, 0.6) is 5.75 Å². The van der Waals surface area contributed by atoms with Crippen LogP contribution in [0.25, 0.3) is 0 Å². The fourth-order valence-electron chi connectivity index (χ4n) is 1.26. The summed E-state index contributed by atoms with van der Waals surface area (Å²) in [5, 5.41) is -1.05. The van der Waals surface area contributed by atoms with Crippen molar-refractivity contribution >= 4 is 15.6 Å². The van der Waals surface area contributed by atoms with E-state index < -0.39 is 15.1 Å². The van der Waals surface area contributed by atoms with Crippen molar-refractivity contribution in [1.82, 2.24) is 0 Å². The molecule has 0 aliphatic rings. The highest BCUT2D eigenvalue weighted by Gasteiger charge is 2.29. The number of ether oxygens (including phenoxy) is 1. The summed E-state index contributed by atoms with van der Waals surface area (Å²) < 4.78 is 29.1. The first-order valence-electron chi connectivity index (χ1n) is 4.78. The van der Waals surface area contributed by atoms with Gasteiger partial charge in [-0.1, -0.05) is 12.1 Å². The Morgan fingerprint density at radius 1 is 1.31 bits per heavy atom. The second kappa shape index (κ2) is 4.65. The van der Waals surface area contributed by atoms with Crippen molar-refractivity contribution < 1.29 is 17.9 Å². The minimum atomic E-state index is -3.66. The normalized spacial score (nSPS) is 13.2.